The SMILES string of the molecule is COc1cc(C/C=C(\C)CC/C=C(\C)CCCC(C)C)cc(OC)c1. The predicted octanol–water partition coefficient (Wildman–Crippen LogP) is 6.75. The molecular formula is C23H36O2. The number of allylic oxidation sites excluding steroid dienone is 4. The van der Waals surface area contributed by atoms with E-state index in [1.54, 1.807) is 14.2 Å². The van der Waals surface area contributed by atoms with Crippen molar-refractivity contribution in [2.45, 2.75) is 66.2 Å². The Labute approximate surface area is 154 Å². The number of benzene rings is 1. The molecule has 0 aliphatic heterocycles. The summed E-state index contributed by atoms with van der Waals surface area (Å²) in [7, 11) is 3.38. The van der Waals surface area contributed by atoms with Crippen molar-refractivity contribution in [3.63, 3.8) is 0 Å². The third kappa shape index (κ3) is 9.38. The largest absolute Gasteiger partial charge is 0.497 e. The molecule has 1 aromatic carbocycles. The van der Waals surface area contributed by atoms with Crippen molar-refractivity contribution < 1.29 is 9.47 Å². The topological polar surface area (TPSA) is 18.5 Å². The molecule has 25 heavy (non-hydrogen) atoms. The Hall–Kier alpha value is -1.70. The fourth-order valence-corrected chi connectivity index (χ4v) is 2.82. The van der Waals surface area contributed by atoms with Crippen molar-refractivity contribution >= 4 is 0 Å². The molecule has 0 aromatic heterocycles. The van der Waals surface area contributed by atoms with Crippen LogP contribution in [-0.4, -0.2) is 14.2 Å². The Kier molecular flexibility index (Phi) is 10.1. The average Bonchev–Trinajstić information content (AvgIpc) is 2.59. The van der Waals surface area contributed by atoms with E-state index < -0.39 is 0 Å². The molecule has 0 spiro atoms. The van der Waals surface area contributed by atoms with Gasteiger partial charge in [0.15, 0.2) is 0 Å². The summed E-state index contributed by atoms with van der Waals surface area (Å²) in [6.45, 7) is 9.08. The van der Waals surface area contributed by atoms with Crippen LogP contribution in [0.5, 0.6) is 11.5 Å². The molecule has 1 aromatic rings. The molecular weight excluding hydrogens is 308 g/mol. The Morgan fingerprint density at radius 1 is 0.920 bits per heavy atom. The van der Waals surface area contributed by atoms with Gasteiger partial charge in [-0.05, 0) is 69.6 Å². The van der Waals surface area contributed by atoms with Crippen molar-refractivity contribution in [2.24, 2.45) is 5.92 Å². The van der Waals surface area contributed by atoms with Crippen molar-refractivity contribution in [2.75, 3.05) is 14.2 Å². The van der Waals surface area contributed by atoms with Gasteiger partial charge in [0.1, 0.15) is 11.5 Å². The van der Waals surface area contributed by atoms with Gasteiger partial charge in [-0.25, -0.2) is 0 Å². The molecule has 0 N–H and O–H groups in total. The van der Waals surface area contributed by atoms with Crippen LogP contribution in [0.1, 0.15) is 65.4 Å². The molecule has 0 heterocycles. The highest BCUT2D eigenvalue weighted by molar-refractivity contribution is 5.39. The predicted molar refractivity (Wildman–Crippen MR) is 109 cm³/mol. The molecule has 0 unspecified atom stereocenters. The Balaban J connectivity index is 2.46. The van der Waals surface area contributed by atoms with Gasteiger partial charge in [0.2, 0.25) is 0 Å². The maximum atomic E-state index is 5.33. The molecule has 1 rings (SSSR count). The van der Waals surface area contributed by atoms with Gasteiger partial charge < -0.3 is 9.47 Å². The summed E-state index contributed by atoms with van der Waals surface area (Å²) in [5, 5.41) is 0. The van der Waals surface area contributed by atoms with Gasteiger partial charge in [0.05, 0.1) is 14.2 Å². The minimum absolute atomic E-state index is 0.813. The van der Waals surface area contributed by atoms with Crippen LogP contribution < -0.4 is 9.47 Å². The highest BCUT2D eigenvalue weighted by Crippen LogP contribution is 2.23. The van der Waals surface area contributed by atoms with E-state index in [0.29, 0.717) is 0 Å². The second kappa shape index (κ2) is 11.8. The quantitative estimate of drug-likeness (QED) is 0.414. The van der Waals surface area contributed by atoms with E-state index in [4.69, 9.17) is 9.47 Å². The lowest BCUT2D eigenvalue weighted by Crippen LogP contribution is -1.91. The second-order valence-corrected chi connectivity index (χ2v) is 7.35. The second-order valence-electron chi connectivity index (χ2n) is 7.35. The highest BCUT2D eigenvalue weighted by Gasteiger charge is 2.01. The molecule has 0 fully saturated rings. The van der Waals surface area contributed by atoms with Gasteiger partial charge in [0.25, 0.3) is 0 Å². The third-order valence-corrected chi connectivity index (χ3v) is 4.48. The summed E-state index contributed by atoms with van der Waals surface area (Å²) < 4.78 is 10.7. The lowest BCUT2D eigenvalue weighted by Gasteiger charge is -2.08. The summed E-state index contributed by atoms with van der Waals surface area (Å²) in [5.74, 6) is 2.51. The summed E-state index contributed by atoms with van der Waals surface area (Å²) >= 11 is 0. The molecule has 0 saturated heterocycles. The van der Waals surface area contributed by atoms with E-state index in [-0.39, 0.29) is 0 Å². The minimum atomic E-state index is 0.813. The maximum absolute atomic E-state index is 5.33. The summed E-state index contributed by atoms with van der Waals surface area (Å²) in [6, 6.07) is 6.06. The van der Waals surface area contributed by atoms with Crippen molar-refractivity contribution in [1.82, 2.24) is 0 Å². The average molecular weight is 345 g/mol. The number of hydrogen-bond donors (Lipinski definition) is 0. The van der Waals surface area contributed by atoms with E-state index >= 15 is 0 Å². The standard InChI is InChI=1S/C23H36O2/c1-18(2)9-7-10-19(3)11-8-12-20(4)13-14-21-15-22(24-5)17-23(16-21)25-6/h11,13,15-18H,7-10,12,14H2,1-6H3/b19-11+,20-13+. The van der Waals surface area contributed by atoms with E-state index in [2.05, 4.69) is 52.0 Å². The van der Waals surface area contributed by atoms with Crippen LogP contribution in [0.15, 0.2) is 41.5 Å². The van der Waals surface area contributed by atoms with E-state index in [1.165, 1.54) is 36.0 Å². The van der Waals surface area contributed by atoms with Crippen LogP contribution >= 0.6 is 0 Å². The first-order chi connectivity index (χ1) is 11.9. The Morgan fingerprint density at radius 3 is 2.08 bits per heavy atom. The number of rotatable bonds is 11. The lowest BCUT2D eigenvalue weighted by atomic mass is 10.0. The smallest absolute Gasteiger partial charge is 0.122 e. The Bertz CT molecular complexity index is 545. The zero-order valence-corrected chi connectivity index (χ0v) is 17.0. The van der Waals surface area contributed by atoms with E-state index in [9.17, 15) is 0 Å². The van der Waals surface area contributed by atoms with Crippen LogP contribution in [0.2, 0.25) is 0 Å². The van der Waals surface area contributed by atoms with Crippen LogP contribution in [0.3, 0.4) is 0 Å². The molecule has 0 aliphatic rings. The van der Waals surface area contributed by atoms with Crippen LogP contribution in [0, 0.1) is 5.92 Å². The monoisotopic (exact) mass is 344 g/mol. The molecule has 0 aliphatic carbocycles. The fourth-order valence-electron chi connectivity index (χ4n) is 2.82. The zero-order chi connectivity index (χ0) is 18.7. The van der Waals surface area contributed by atoms with E-state index in [1.807, 2.05) is 6.07 Å². The summed E-state index contributed by atoms with van der Waals surface area (Å²) in [5.41, 5.74) is 4.19. The first kappa shape index (κ1) is 21.3. The van der Waals surface area contributed by atoms with Crippen molar-refractivity contribution in [3.05, 3.63) is 47.1 Å². The van der Waals surface area contributed by atoms with Crippen molar-refractivity contribution in [3.8, 4) is 11.5 Å². The molecule has 0 bridgehead atoms. The normalized spacial score (nSPS) is 12.6. The van der Waals surface area contributed by atoms with Crippen LogP contribution in [0.4, 0.5) is 0 Å². The number of hydrogen-bond acceptors (Lipinski definition) is 2. The maximum Gasteiger partial charge on any atom is 0.122 e. The first-order valence-corrected chi connectivity index (χ1v) is 9.47. The lowest BCUT2D eigenvalue weighted by molar-refractivity contribution is 0.393. The molecule has 2 nitrogen and oxygen atoms in total. The highest BCUT2D eigenvalue weighted by atomic mass is 16.5. The molecule has 0 radical (unpaired) electrons. The van der Waals surface area contributed by atoms with Crippen LogP contribution in [-0.2, 0) is 6.42 Å². The van der Waals surface area contributed by atoms with Gasteiger partial charge in [-0.2, -0.15) is 0 Å². The summed E-state index contributed by atoms with van der Waals surface area (Å²) in [6.07, 6.45) is 11.8. The molecule has 0 atom stereocenters. The first-order valence-electron chi connectivity index (χ1n) is 9.47. The number of methoxy groups -OCH3 is 2. The summed E-state index contributed by atoms with van der Waals surface area (Å²) in [4.78, 5) is 0. The number of ether oxygens (including phenoxy) is 2. The van der Waals surface area contributed by atoms with E-state index in [0.717, 1.165) is 36.7 Å². The fraction of sp³-hybridized carbons (Fsp3) is 0.565. The molecule has 2 heteroatoms. The van der Waals surface area contributed by atoms with Gasteiger partial charge in [0, 0.05) is 6.07 Å². The van der Waals surface area contributed by atoms with Gasteiger partial charge in [-0.1, -0.05) is 43.6 Å². The van der Waals surface area contributed by atoms with Gasteiger partial charge in [-0.15, -0.1) is 0 Å². The van der Waals surface area contributed by atoms with Crippen LogP contribution in [0.25, 0.3) is 0 Å². The Morgan fingerprint density at radius 2 is 1.52 bits per heavy atom. The van der Waals surface area contributed by atoms with Gasteiger partial charge in [-0.3, -0.25) is 0 Å². The third-order valence-electron chi connectivity index (χ3n) is 4.48. The molecule has 0 saturated carbocycles. The van der Waals surface area contributed by atoms with Crippen molar-refractivity contribution in [1.29, 1.82) is 0 Å². The van der Waals surface area contributed by atoms with Gasteiger partial charge >= 0.3 is 0 Å². The minimum Gasteiger partial charge on any atom is -0.497 e. The molecule has 0 amide bonds. The molecule has 140 valence electrons. The zero-order valence-electron chi connectivity index (χ0n) is 17.0.